The Bertz CT molecular complexity index is 549. The molecule has 0 spiro atoms. The monoisotopic (exact) mass is 252 g/mol. The van der Waals surface area contributed by atoms with Gasteiger partial charge in [0.1, 0.15) is 5.82 Å². The normalized spacial score (nSPS) is 12.6. The fourth-order valence-corrected chi connectivity index (χ4v) is 2.14. The van der Waals surface area contributed by atoms with Gasteiger partial charge in [-0.1, -0.05) is 23.5 Å². The first-order valence-corrected chi connectivity index (χ1v) is 6.18. The first-order valence-electron chi connectivity index (χ1n) is 5.30. The molecule has 1 atom stereocenters. The molecule has 1 heterocycles. The van der Waals surface area contributed by atoms with E-state index in [9.17, 15) is 9.18 Å². The number of halogens is 1. The molecule has 1 unspecified atom stereocenters. The van der Waals surface area contributed by atoms with Gasteiger partial charge < -0.3 is 10.3 Å². The molecule has 1 aromatic heterocycles. The Morgan fingerprint density at radius 2 is 2.35 bits per heavy atom. The molecule has 17 heavy (non-hydrogen) atoms. The number of aromatic nitrogens is 1. The second-order valence-corrected chi connectivity index (χ2v) is 4.67. The van der Waals surface area contributed by atoms with E-state index < -0.39 is 0 Å². The zero-order valence-corrected chi connectivity index (χ0v) is 10.2. The number of hydrogen-bond donors (Lipinski definition) is 2. The Morgan fingerprint density at radius 3 is 3.00 bits per heavy atom. The standard InChI is InChI=1S/C12H13FN2OS/c1-8(9-3-2-4-10(13)5-9)14-6-11-7-17-12(16)15-11/h2-5,7-8,14H,6H2,1H3,(H,15,16). The van der Waals surface area contributed by atoms with Crippen LogP contribution in [-0.2, 0) is 6.54 Å². The number of aromatic amines is 1. The predicted molar refractivity (Wildman–Crippen MR) is 66.6 cm³/mol. The summed E-state index contributed by atoms with van der Waals surface area (Å²) in [6, 6.07) is 6.53. The summed E-state index contributed by atoms with van der Waals surface area (Å²) in [6.07, 6.45) is 0. The van der Waals surface area contributed by atoms with Crippen molar-refractivity contribution in [3.8, 4) is 0 Å². The molecule has 2 aromatic rings. The summed E-state index contributed by atoms with van der Waals surface area (Å²) in [7, 11) is 0. The molecule has 0 aliphatic rings. The third kappa shape index (κ3) is 3.25. The minimum absolute atomic E-state index is 0.0362. The van der Waals surface area contributed by atoms with E-state index in [1.54, 1.807) is 11.4 Å². The van der Waals surface area contributed by atoms with Crippen molar-refractivity contribution in [1.29, 1.82) is 0 Å². The van der Waals surface area contributed by atoms with Gasteiger partial charge in [0.05, 0.1) is 0 Å². The van der Waals surface area contributed by atoms with Gasteiger partial charge in [0.25, 0.3) is 0 Å². The van der Waals surface area contributed by atoms with Gasteiger partial charge in [0.15, 0.2) is 0 Å². The van der Waals surface area contributed by atoms with E-state index in [1.807, 2.05) is 13.0 Å². The molecule has 5 heteroatoms. The molecule has 2 rings (SSSR count). The van der Waals surface area contributed by atoms with Crippen molar-refractivity contribution < 1.29 is 4.39 Å². The Labute approximate surface area is 102 Å². The van der Waals surface area contributed by atoms with Crippen molar-refractivity contribution in [2.24, 2.45) is 0 Å². The second kappa shape index (κ2) is 5.25. The summed E-state index contributed by atoms with van der Waals surface area (Å²) in [5, 5.41) is 5.01. The maximum absolute atomic E-state index is 13.0. The zero-order valence-electron chi connectivity index (χ0n) is 9.37. The van der Waals surface area contributed by atoms with Crippen molar-refractivity contribution >= 4 is 11.3 Å². The third-order valence-corrected chi connectivity index (χ3v) is 3.24. The quantitative estimate of drug-likeness (QED) is 0.877. The van der Waals surface area contributed by atoms with Gasteiger partial charge in [-0.25, -0.2) is 4.39 Å². The molecule has 90 valence electrons. The molecule has 0 radical (unpaired) electrons. The highest BCUT2D eigenvalue weighted by Gasteiger charge is 2.06. The van der Waals surface area contributed by atoms with Crippen LogP contribution in [0.4, 0.5) is 4.39 Å². The average molecular weight is 252 g/mol. The molecule has 0 fully saturated rings. The van der Waals surface area contributed by atoms with Gasteiger partial charge in [0, 0.05) is 23.7 Å². The lowest BCUT2D eigenvalue weighted by atomic mass is 10.1. The van der Waals surface area contributed by atoms with Crippen molar-refractivity contribution in [1.82, 2.24) is 10.3 Å². The molecule has 0 amide bonds. The third-order valence-electron chi connectivity index (χ3n) is 2.52. The minimum atomic E-state index is -0.236. The fourth-order valence-electron chi connectivity index (χ4n) is 1.56. The van der Waals surface area contributed by atoms with Gasteiger partial charge in [-0.3, -0.25) is 4.79 Å². The zero-order chi connectivity index (χ0) is 12.3. The van der Waals surface area contributed by atoms with Gasteiger partial charge in [-0.05, 0) is 24.6 Å². The summed E-state index contributed by atoms with van der Waals surface area (Å²) in [4.78, 5) is 13.6. The smallest absolute Gasteiger partial charge is 0.304 e. The lowest BCUT2D eigenvalue weighted by Gasteiger charge is -2.13. The van der Waals surface area contributed by atoms with Crippen molar-refractivity contribution in [3.63, 3.8) is 0 Å². The Kier molecular flexibility index (Phi) is 3.71. The van der Waals surface area contributed by atoms with E-state index in [1.165, 1.54) is 12.1 Å². The topological polar surface area (TPSA) is 44.9 Å². The predicted octanol–water partition coefficient (Wildman–Crippen LogP) is 2.43. The van der Waals surface area contributed by atoms with Gasteiger partial charge >= 0.3 is 4.87 Å². The van der Waals surface area contributed by atoms with Crippen LogP contribution in [-0.4, -0.2) is 4.98 Å². The maximum Gasteiger partial charge on any atom is 0.304 e. The molecule has 3 nitrogen and oxygen atoms in total. The van der Waals surface area contributed by atoms with Crippen molar-refractivity contribution in [2.45, 2.75) is 19.5 Å². The van der Waals surface area contributed by atoms with Crippen LogP contribution in [0.25, 0.3) is 0 Å². The molecule has 0 bridgehead atoms. The molecule has 0 saturated carbocycles. The second-order valence-electron chi connectivity index (χ2n) is 3.83. The molecule has 2 N–H and O–H groups in total. The van der Waals surface area contributed by atoms with Crippen LogP contribution < -0.4 is 10.2 Å². The molecule has 0 aliphatic carbocycles. The van der Waals surface area contributed by atoms with E-state index in [0.717, 1.165) is 22.6 Å². The lowest BCUT2D eigenvalue weighted by molar-refractivity contribution is 0.560. The highest BCUT2D eigenvalue weighted by Crippen LogP contribution is 2.13. The number of hydrogen-bond acceptors (Lipinski definition) is 3. The van der Waals surface area contributed by atoms with Gasteiger partial charge in [-0.2, -0.15) is 0 Å². The molecular formula is C12H13FN2OS. The van der Waals surface area contributed by atoms with E-state index in [-0.39, 0.29) is 16.7 Å². The first kappa shape index (κ1) is 12.0. The maximum atomic E-state index is 13.0. The summed E-state index contributed by atoms with van der Waals surface area (Å²) in [6.45, 7) is 2.52. The largest absolute Gasteiger partial charge is 0.315 e. The molecular weight excluding hydrogens is 239 g/mol. The highest BCUT2D eigenvalue weighted by atomic mass is 32.1. The highest BCUT2D eigenvalue weighted by molar-refractivity contribution is 7.07. The van der Waals surface area contributed by atoms with Gasteiger partial charge in [-0.15, -0.1) is 0 Å². The fraction of sp³-hybridized carbons (Fsp3) is 0.250. The van der Waals surface area contributed by atoms with E-state index >= 15 is 0 Å². The van der Waals surface area contributed by atoms with E-state index in [4.69, 9.17) is 0 Å². The van der Waals surface area contributed by atoms with Crippen LogP contribution in [0, 0.1) is 5.82 Å². The lowest BCUT2D eigenvalue weighted by Crippen LogP contribution is -2.18. The summed E-state index contributed by atoms with van der Waals surface area (Å²) in [5.41, 5.74) is 1.74. The summed E-state index contributed by atoms with van der Waals surface area (Å²) in [5.74, 6) is -0.236. The number of rotatable bonds is 4. The van der Waals surface area contributed by atoms with Crippen LogP contribution in [0.15, 0.2) is 34.4 Å². The Balaban J connectivity index is 1.97. The summed E-state index contributed by atoms with van der Waals surface area (Å²) < 4.78 is 13.0. The van der Waals surface area contributed by atoms with Crippen LogP contribution >= 0.6 is 11.3 Å². The summed E-state index contributed by atoms with van der Waals surface area (Å²) >= 11 is 1.14. The Hall–Kier alpha value is -1.46. The number of H-pyrrole nitrogens is 1. The SMILES string of the molecule is CC(NCc1csc(=O)[nH]1)c1cccc(F)c1. The van der Waals surface area contributed by atoms with E-state index in [2.05, 4.69) is 10.3 Å². The average Bonchev–Trinajstić information content (AvgIpc) is 2.72. The van der Waals surface area contributed by atoms with E-state index in [0.29, 0.717) is 6.54 Å². The minimum Gasteiger partial charge on any atom is -0.315 e. The van der Waals surface area contributed by atoms with Crippen LogP contribution in [0.5, 0.6) is 0 Å². The van der Waals surface area contributed by atoms with Crippen LogP contribution in [0.1, 0.15) is 24.2 Å². The van der Waals surface area contributed by atoms with Crippen LogP contribution in [0.2, 0.25) is 0 Å². The molecule has 0 aliphatic heterocycles. The number of benzene rings is 1. The first-order chi connectivity index (χ1) is 8.15. The number of nitrogens with one attached hydrogen (secondary N) is 2. The Morgan fingerprint density at radius 1 is 1.53 bits per heavy atom. The number of thiazole rings is 1. The van der Waals surface area contributed by atoms with Crippen molar-refractivity contribution in [3.05, 3.63) is 56.4 Å². The van der Waals surface area contributed by atoms with Gasteiger partial charge in [0.2, 0.25) is 0 Å². The molecule has 0 saturated heterocycles. The van der Waals surface area contributed by atoms with Crippen molar-refractivity contribution in [2.75, 3.05) is 0 Å². The van der Waals surface area contributed by atoms with Crippen LogP contribution in [0.3, 0.4) is 0 Å². The molecule has 1 aromatic carbocycles.